The van der Waals surface area contributed by atoms with Crippen molar-refractivity contribution < 1.29 is 9.84 Å². The van der Waals surface area contributed by atoms with E-state index in [4.69, 9.17) is 4.74 Å². The number of rotatable bonds is 8. The topological polar surface area (TPSA) is 32.7 Å². The smallest absolute Gasteiger partial charge is 0.119 e. The van der Waals surface area contributed by atoms with Crippen molar-refractivity contribution in [3.05, 3.63) is 65.7 Å². The van der Waals surface area contributed by atoms with Crippen molar-refractivity contribution in [3.63, 3.8) is 0 Å². The van der Waals surface area contributed by atoms with Crippen LogP contribution in [0.3, 0.4) is 0 Å². The average Bonchev–Trinajstić information content (AvgIpc) is 2.48. The molecule has 3 heteroatoms. The van der Waals surface area contributed by atoms with E-state index in [1.165, 1.54) is 11.1 Å². The van der Waals surface area contributed by atoms with E-state index in [9.17, 15) is 5.11 Å². The summed E-state index contributed by atoms with van der Waals surface area (Å²) in [5, 5.41) is 9.18. The fraction of sp³-hybridized carbons (Fsp3) is 0.333. The number of ether oxygens (including phenoxy) is 1. The predicted octanol–water partition coefficient (Wildman–Crippen LogP) is 2.87. The summed E-state index contributed by atoms with van der Waals surface area (Å²) in [5.41, 5.74) is 2.45. The zero-order chi connectivity index (χ0) is 14.9. The van der Waals surface area contributed by atoms with Crippen LogP contribution in [0.25, 0.3) is 0 Å². The van der Waals surface area contributed by atoms with Gasteiger partial charge in [0.15, 0.2) is 0 Å². The number of nitrogens with zero attached hydrogens (tertiary/aromatic N) is 1. The molecule has 0 aliphatic carbocycles. The van der Waals surface area contributed by atoms with E-state index in [2.05, 4.69) is 30.0 Å². The van der Waals surface area contributed by atoms with E-state index in [1.54, 1.807) is 0 Å². The van der Waals surface area contributed by atoms with E-state index in [1.807, 2.05) is 36.4 Å². The lowest BCUT2D eigenvalue weighted by Crippen LogP contribution is -2.30. The van der Waals surface area contributed by atoms with Crippen molar-refractivity contribution in [1.29, 1.82) is 0 Å². The van der Waals surface area contributed by atoms with Crippen LogP contribution < -0.4 is 4.74 Å². The summed E-state index contributed by atoms with van der Waals surface area (Å²) < 4.78 is 5.78. The van der Waals surface area contributed by atoms with Gasteiger partial charge < -0.3 is 9.84 Å². The van der Waals surface area contributed by atoms with Gasteiger partial charge in [0.05, 0.1) is 6.61 Å². The molecule has 0 amide bonds. The molecule has 0 atom stereocenters. The first kappa shape index (κ1) is 15.5. The fourth-order valence-corrected chi connectivity index (χ4v) is 2.25. The van der Waals surface area contributed by atoms with Gasteiger partial charge in [-0.3, -0.25) is 4.90 Å². The lowest BCUT2D eigenvalue weighted by molar-refractivity contribution is 0.163. The highest BCUT2D eigenvalue weighted by atomic mass is 16.5. The molecule has 0 radical (unpaired) electrons. The highest BCUT2D eigenvalue weighted by Crippen LogP contribution is 2.12. The van der Waals surface area contributed by atoms with Crippen LogP contribution in [0.15, 0.2) is 54.6 Å². The third-order valence-corrected chi connectivity index (χ3v) is 3.33. The van der Waals surface area contributed by atoms with E-state index in [0.717, 1.165) is 18.8 Å². The van der Waals surface area contributed by atoms with E-state index in [0.29, 0.717) is 13.2 Å². The molecule has 0 aliphatic rings. The highest BCUT2D eigenvalue weighted by molar-refractivity contribution is 5.27. The van der Waals surface area contributed by atoms with E-state index < -0.39 is 0 Å². The molecule has 0 aromatic heterocycles. The molecule has 2 aromatic carbocycles. The largest absolute Gasteiger partial charge is 0.492 e. The minimum atomic E-state index is 0.164. The molecular formula is C18H23NO2. The Morgan fingerprint density at radius 3 is 2.52 bits per heavy atom. The molecule has 0 heterocycles. The Balaban J connectivity index is 1.82. The second-order valence-electron chi connectivity index (χ2n) is 5.15. The van der Waals surface area contributed by atoms with Gasteiger partial charge in [0.1, 0.15) is 12.4 Å². The van der Waals surface area contributed by atoms with Gasteiger partial charge in [-0.15, -0.1) is 0 Å². The predicted molar refractivity (Wildman–Crippen MR) is 85.5 cm³/mol. The van der Waals surface area contributed by atoms with Crippen LogP contribution in [-0.2, 0) is 6.54 Å². The van der Waals surface area contributed by atoms with Crippen LogP contribution in [0, 0.1) is 6.92 Å². The Labute approximate surface area is 126 Å². The second kappa shape index (κ2) is 8.45. The van der Waals surface area contributed by atoms with E-state index >= 15 is 0 Å². The van der Waals surface area contributed by atoms with Gasteiger partial charge in [-0.25, -0.2) is 0 Å². The van der Waals surface area contributed by atoms with Crippen molar-refractivity contribution in [2.45, 2.75) is 13.5 Å². The quantitative estimate of drug-likeness (QED) is 0.809. The third kappa shape index (κ3) is 5.58. The summed E-state index contributed by atoms with van der Waals surface area (Å²) in [6, 6.07) is 18.4. The normalized spacial score (nSPS) is 10.8. The van der Waals surface area contributed by atoms with Gasteiger partial charge in [0, 0.05) is 19.6 Å². The summed E-state index contributed by atoms with van der Waals surface area (Å²) in [5.74, 6) is 0.902. The first-order chi connectivity index (χ1) is 10.3. The first-order valence-electron chi connectivity index (χ1n) is 7.34. The van der Waals surface area contributed by atoms with Crippen LogP contribution in [0.4, 0.5) is 0 Å². The molecule has 1 N–H and O–H groups in total. The van der Waals surface area contributed by atoms with Crippen molar-refractivity contribution in [3.8, 4) is 5.75 Å². The SMILES string of the molecule is Cc1cccc(OCCN(CCO)Cc2ccccc2)c1. The van der Waals surface area contributed by atoms with E-state index in [-0.39, 0.29) is 6.61 Å². The maximum absolute atomic E-state index is 9.18. The number of hydrogen-bond acceptors (Lipinski definition) is 3. The lowest BCUT2D eigenvalue weighted by atomic mass is 10.2. The zero-order valence-electron chi connectivity index (χ0n) is 12.5. The summed E-state index contributed by atoms with van der Waals surface area (Å²) >= 11 is 0. The number of aliphatic hydroxyl groups excluding tert-OH is 1. The molecule has 0 saturated carbocycles. The zero-order valence-corrected chi connectivity index (χ0v) is 12.5. The highest BCUT2D eigenvalue weighted by Gasteiger charge is 2.05. The summed E-state index contributed by atoms with van der Waals surface area (Å²) in [6.45, 7) is 5.13. The van der Waals surface area contributed by atoms with Crippen LogP contribution in [0.1, 0.15) is 11.1 Å². The molecule has 2 rings (SSSR count). The Morgan fingerprint density at radius 2 is 1.81 bits per heavy atom. The fourth-order valence-electron chi connectivity index (χ4n) is 2.25. The minimum absolute atomic E-state index is 0.164. The van der Waals surface area contributed by atoms with Crippen LogP contribution in [-0.4, -0.2) is 36.3 Å². The summed E-state index contributed by atoms with van der Waals surface area (Å²) in [4.78, 5) is 2.20. The first-order valence-corrected chi connectivity index (χ1v) is 7.34. The van der Waals surface area contributed by atoms with Gasteiger partial charge in [-0.05, 0) is 30.2 Å². The molecule has 0 saturated heterocycles. The van der Waals surface area contributed by atoms with Crippen molar-refractivity contribution >= 4 is 0 Å². The maximum atomic E-state index is 9.18. The molecule has 0 aliphatic heterocycles. The van der Waals surface area contributed by atoms with Crippen LogP contribution in [0.2, 0.25) is 0 Å². The third-order valence-electron chi connectivity index (χ3n) is 3.33. The monoisotopic (exact) mass is 285 g/mol. The Kier molecular flexibility index (Phi) is 6.25. The molecule has 3 nitrogen and oxygen atoms in total. The Bertz CT molecular complexity index is 528. The Hall–Kier alpha value is -1.84. The van der Waals surface area contributed by atoms with Gasteiger partial charge in [-0.2, -0.15) is 0 Å². The van der Waals surface area contributed by atoms with Crippen LogP contribution in [0.5, 0.6) is 5.75 Å². The lowest BCUT2D eigenvalue weighted by Gasteiger charge is -2.21. The molecule has 0 fully saturated rings. The van der Waals surface area contributed by atoms with Crippen molar-refractivity contribution in [2.75, 3.05) is 26.3 Å². The molecule has 0 unspecified atom stereocenters. The van der Waals surface area contributed by atoms with Crippen LogP contribution >= 0.6 is 0 Å². The molecular weight excluding hydrogens is 262 g/mol. The molecule has 112 valence electrons. The molecule has 2 aromatic rings. The number of aryl methyl sites for hydroxylation is 1. The van der Waals surface area contributed by atoms with Gasteiger partial charge in [0.25, 0.3) is 0 Å². The summed E-state index contributed by atoms with van der Waals surface area (Å²) in [6.07, 6.45) is 0. The molecule has 0 spiro atoms. The van der Waals surface area contributed by atoms with Crippen molar-refractivity contribution in [1.82, 2.24) is 4.90 Å². The average molecular weight is 285 g/mol. The standard InChI is InChI=1S/C18H23NO2/c1-16-6-5-9-18(14-16)21-13-11-19(10-12-20)15-17-7-3-2-4-8-17/h2-9,14,20H,10-13,15H2,1H3. The van der Waals surface area contributed by atoms with Gasteiger partial charge >= 0.3 is 0 Å². The molecule has 21 heavy (non-hydrogen) atoms. The number of aliphatic hydroxyl groups is 1. The van der Waals surface area contributed by atoms with Gasteiger partial charge in [0.2, 0.25) is 0 Å². The maximum Gasteiger partial charge on any atom is 0.119 e. The van der Waals surface area contributed by atoms with Crippen molar-refractivity contribution in [2.24, 2.45) is 0 Å². The number of benzene rings is 2. The minimum Gasteiger partial charge on any atom is -0.492 e. The second-order valence-corrected chi connectivity index (χ2v) is 5.15. The number of hydrogen-bond donors (Lipinski definition) is 1. The Morgan fingerprint density at radius 1 is 1.00 bits per heavy atom. The summed E-state index contributed by atoms with van der Waals surface area (Å²) in [7, 11) is 0. The van der Waals surface area contributed by atoms with Gasteiger partial charge in [-0.1, -0.05) is 42.5 Å². The molecule has 0 bridgehead atoms.